The van der Waals surface area contributed by atoms with Gasteiger partial charge in [0.25, 0.3) is 0 Å². The molecule has 1 atom stereocenters. The maximum atomic E-state index is 5.53. The molecule has 1 aromatic carbocycles. The molecule has 0 amide bonds. The Morgan fingerprint density at radius 2 is 1.75 bits per heavy atom. The summed E-state index contributed by atoms with van der Waals surface area (Å²) in [7, 11) is 1.97. The van der Waals surface area contributed by atoms with E-state index >= 15 is 0 Å². The van der Waals surface area contributed by atoms with Crippen LogP contribution >= 0.6 is 0 Å². The molecule has 0 aliphatic heterocycles. The number of aryl methyl sites for hydroxylation is 2. The highest BCUT2D eigenvalue weighted by Gasteiger charge is 2.14. The first-order valence-electron chi connectivity index (χ1n) is 6.97. The molecule has 20 heavy (non-hydrogen) atoms. The van der Waals surface area contributed by atoms with Crippen LogP contribution in [0.2, 0.25) is 0 Å². The van der Waals surface area contributed by atoms with Gasteiger partial charge in [0.15, 0.2) is 0 Å². The summed E-state index contributed by atoms with van der Waals surface area (Å²) in [6.45, 7) is 6.88. The second-order valence-corrected chi connectivity index (χ2v) is 5.03. The first-order valence-corrected chi connectivity index (χ1v) is 6.97. The molecule has 0 fully saturated rings. The number of hydrogen-bond acceptors (Lipinski definition) is 3. The highest BCUT2D eigenvalue weighted by atomic mass is 16.5. The van der Waals surface area contributed by atoms with Crippen molar-refractivity contribution in [3.8, 4) is 5.75 Å². The smallest absolute Gasteiger partial charge is 0.137 e. The van der Waals surface area contributed by atoms with E-state index in [2.05, 4.69) is 48.4 Å². The second kappa shape index (κ2) is 6.53. The standard InChI is InChI=1S/C17H22N2O/c1-5-20-16-9-15(10-19-11-16)17(18-4)14-7-12(2)6-13(3)8-14/h6-11,17-18H,5H2,1-4H3. The molecule has 0 aliphatic rings. The van der Waals surface area contributed by atoms with Crippen LogP contribution in [0.1, 0.15) is 35.2 Å². The maximum Gasteiger partial charge on any atom is 0.137 e. The lowest BCUT2D eigenvalue weighted by Crippen LogP contribution is -2.18. The zero-order valence-corrected chi connectivity index (χ0v) is 12.6. The molecule has 1 unspecified atom stereocenters. The van der Waals surface area contributed by atoms with Crippen LogP contribution in [0.3, 0.4) is 0 Å². The van der Waals surface area contributed by atoms with Crippen molar-refractivity contribution in [3.63, 3.8) is 0 Å². The SMILES string of the molecule is CCOc1cncc(C(NC)c2cc(C)cc(C)c2)c1. The summed E-state index contributed by atoms with van der Waals surface area (Å²) in [6.07, 6.45) is 3.64. The van der Waals surface area contributed by atoms with Crippen molar-refractivity contribution in [3.05, 3.63) is 58.9 Å². The number of ether oxygens (including phenoxy) is 1. The molecule has 0 aliphatic carbocycles. The van der Waals surface area contributed by atoms with E-state index in [9.17, 15) is 0 Å². The molecular formula is C17H22N2O. The van der Waals surface area contributed by atoms with Gasteiger partial charge in [0.1, 0.15) is 5.75 Å². The average Bonchev–Trinajstić information content (AvgIpc) is 2.39. The molecule has 1 N–H and O–H groups in total. The third kappa shape index (κ3) is 3.36. The minimum atomic E-state index is 0.126. The molecule has 3 heteroatoms. The average molecular weight is 270 g/mol. The first-order chi connectivity index (χ1) is 9.63. The van der Waals surface area contributed by atoms with Gasteiger partial charge in [-0.05, 0) is 45.0 Å². The van der Waals surface area contributed by atoms with Crippen LogP contribution in [0.15, 0.2) is 36.7 Å². The van der Waals surface area contributed by atoms with Gasteiger partial charge in [-0.3, -0.25) is 4.98 Å². The number of rotatable bonds is 5. The minimum absolute atomic E-state index is 0.126. The molecule has 0 radical (unpaired) electrons. The van der Waals surface area contributed by atoms with Gasteiger partial charge in [-0.25, -0.2) is 0 Å². The Bertz CT molecular complexity index is 561. The van der Waals surface area contributed by atoms with Gasteiger partial charge in [-0.1, -0.05) is 29.3 Å². The van der Waals surface area contributed by atoms with Crippen LogP contribution in [-0.4, -0.2) is 18.6 Å². The lowest BCUT2D eigenvalue weighted by molar-refractivity contribution is 0.338. The molecule has 0 spiro atoms. The van der Waals surface area contributed by atoms with E-state index < -0.39 is 0 Å². The molecule has 2 rings (SSSR count). The predicted octanol–water partition coefficient (Wildman–Crippen LogP) is 3.41. The molecule has 106 valence electrons. The lowest BCUT2D eigenvalue weighted by atomic mass is 9.97. The van der Waals surface area contributed by atoms with Gasteiger partial charge in [0, 0.05) is 6.20 Å². The molecule has 2 aromatic rings. The summed E-state index contributed by atoms with van der Waals surface area (Å²) >= 11 is 0. The largest absolute Gasteiger partial charge is 0.492 e. The number of aromatic nitrogens is 1. The number of pyridine rings is 1. The lowest BCUT2D eigenvalue weighted by Gasteiger charge is -2.19. The van der Waals surface area contributed by atoms with Crippen molar-refractivity contribution >= 4 is 0 Å². The number of benzene rings is 1. The van der Waals surface area contributed by atoms with E-state index in [-0.39, 0.29) is 6.04 Å². The van der Waals surface area contributed by atoms with Gasteiger partial charge < -0.3 is 10.1 Å². The van der Waals surface area contributed by atoms with Crippen LogP contribution < -0.4 is 10.1 Å². The summed E-state index contributed by atoms with van der Waals surface area (Å²) < 4.78 is 5.53. The monoisotopic (exact) mass is 270 g/mol. The molecule has 3 nitrogen and oxygen atoms in total. The maximum absolute atomic E-state index is 5.53. The molecular weight excluding hydrogens is 248 g/mol. The van der Waals surface area contributed by atoms with Crippen molar-refractivity contribution < 1.29 is 4.74 Å². The van der Waals surface area contributed by atoms with E-state index in [4.69, 9.17) is 4.74 Å². The van der Waals surface area contributed by atoms with E-state index in [1.165, 1.54) is 16.7 Å². The summed E-state index contributed by atoms with van der Waals surface area (Å²) in [5.74, 6) is 0.814. The topological polar surface area (TPSA) is 34.1 Å². The Hall–Kier alpha value is -1.87. The van der Waals surface area contributed by atoms with Crippen molar-refractivity contribution in [1.82, 2.24) is 10.3 Å². The molecule has 1 aromatic heterocycles. The fourth-order valence-electron chi connectivity index (χ4n) is 2.54. The zero-order valence-electron chi connectivity index (χ0n) is 12.6. The Morgan fingerprint density at radius 3 is 2.35 bits per heavy atom. The first kappa shape index (κ1) is 14.5. The second-order valence-electron chi connectivity index (χ2n) is 5.03. The predicted molar refractivity (Wildman–Crippen MR) is 82.2 cm³/mol. The van der Waals surface area contributed by atoms with Crippen LogP contribution in [0, 0.1) is 13.8 Å². The van der Waals surface area contributed by atoms with Gasteiger partial charge in [-0.2, -0.15) is 0 Å². The van der Waals surface area contributed by atoms with Crippen LogP contribution in [0.25, 0.3) is 0 Å². The van der Waals surface area contributed by atoms with Crippen molar-refractivity contribution in [2.75, 3.05) is 13.7 Å². The third-order valence-corrected chi connectivity index (χ3v) is 3.24. The van der Waals surface area contributed by atoms with Crippen LogP contribution in [0.4, 0.5) is 0 Å². The minimum Gasteiger partial charge on any atom is -0.492 e. The fourth-order valence-corrected chi connectivity index (χ4v) is 2.54. The van der Waals surface area contributed by atoms with E-state index in [0.29, 0.717) is 6.61 Å². The van der Waals surface area contributed by atoms with Gasteiger partial charge >= 0.3 is 0 Å². The Kier molecular flexibility index (Phi) is 4.74. The van der Waals surface area contributed by atoms with Crippen LogP contribution in [-0.2, 0) is 0 Å². The molecule has 0 saturated carbocycles. The van der Waals surface area contributed by atoms with Crippen molar-refractivity contribution in [2.24, 2.45) is 0 Å². The summed E-state index contributed by atoms with van der Waals surface area (Å²) in [6, 6.07) is 8.78. The van der Waals surface area contributed by atoms with Gasteiger partial charge in [0.05, 0.1) is 18.8 Å². The Labute approximate surface area is 121 Å². The zero-order chi connectivity index (χ0) is 14.5. The van der Waals surface area contributed by atoms with Gasteiger partial charge in [-0.15, -0.1) is 0 Å². The fraction of sp³-hybridized carbons (Fsp3) is 0.353. The highest BCUT2D eigenvalue weighted by molar-refractivity contribution is 5.38. The van der Waals surface area contributed by atoms with Crippen molar-refractivity contribution in [1.29, 1.82) is 0 Å². The molecule has 1 heterocycles. The summed E-state index contributed by atoms with van der Waals surface area (Å²) in [4.78, 5) is 4.28. The number of nitrogens with one attached hydrogen (secondary N) is 1. The van der Waals surface area contributed by atoms with Crippen molar-refractivity contribution in [2.45, 2.75) is 26.8 Å². The van der Waals surface area contributed by atoms with Crippen LogP contribution in [0.5, 0.6) is 5.75 Å². The summed E-state index contributed by atoms with van der Waals surface area (Å²) in [5, 5.41) is 3.36. The highest BCUT2D eigenvalue weighted by Crippen LogP contribution is 2.25. The van der Waals surface area contributed by atoms with E-state index in [1.54, 1.807) is 6.20 Å². The number of nitrogens with zero attached hydrogens (tertiary/aromatic N) is 1. The molecule has 0 bridgehead atoms. The van der Waals surface area contributed by atoms with Gasteiger partial charge in [0.2, 0.25) is 0 Å². The third-order valence-electron chi connectivity index (χ3n) is 3.24. The quantitative estimate of drug-likeness (QED) is 0.904. The van der Waals surface area contributed by atoms with E-state index in [1.807, 2.05) is 20.2 Å². The Morgan fingerprint density at radius 1 is 1.05 bits per heavy atom. The summed E-state index contributed by atoms with van der Waals surface area (Å²) in [5.41, 5.74) is 4.91. The Balaban J connectivity index is 2.38. The number of hydrogen-bond donors (Lipinski definition) is 1. The molecule has 0 saturated heterocycles. The normalized spacial score (nSPS) is 12.2. The van der Waals surface area contributed by atoms with E-state index in [0.717, 1.165) is 11.3 Å².